The molecule has 2 atom stereocenters. The highest BCUT2D eigenvalue weighted by molar-refractivity contribution is 5.65. The summed E-state index contributed by atoms with van der Waals surface area (Å²) in [5.41, 5.74) is 3.81. The smallest absolute Gasteiger partial charge is 0.212 e. The van der Waals surface area contributed by atoms with Crippen LogP contribution in [0.2, 0.25) is 0 Å². The summed E-state index contributed by atoms with van der Waals surface area (Å²) in [5.74, 6) is 0.589. The molecule has 0 saturated heterocycles. The largest absolute Gasteiger partial charge is 0.481 e. The van der Waals surface area contributed by atoms with Gasteiger partial charge in [0.1, 0.15) is 5.65 Å². The van der Waals surface area contributed by atoms with Crippen molar-refractivity contribution in [3.63, 3.8) is 0 Å². The van der Waals surface area contributed by atoms with Crippen LogP contribution in [0.1, 0.15) is 25.7 Å². The van der Waals surface area contributed by atoms with Crippen molar-refractivity contribution in [2.75, 3.05) is 12.4 Å². The second-order valence-electron chi connectivity index (χ2n) is 6.48. The molecule has 1 aliphatic rings. The zero-order valence-electron chi connectivity index (χ0n) is 14.2. The van der Waals surface area contributed by atoms with Crippen LogP contribution in [0.4, 0.5) is 5.69 Å². The zero-order chi connectivity index (χ0) is 17.2. The Hall–Kier alpha value is -2.60. The number of hydrogen-bond donors (Lipinski definition) is 2. The van der Waals surface area contributed by atoms with Crippen molar-refractivity contribution in [1.82, 2.24) is 14.4 Å². The Labute approximate surface area is 146 Å². The summed E-state index contributed by atoms with van der Waals surface area (Å²) in [7, 11) is 1.61. The van der Waals surface area contributed by atoms with Crippen molar-refractivity contribution in [3.8, 4) is 17.1 Å². The molecule has 2 unspecified atom stereocenters. The van der Waals surface area contributed by atoms with Crippen LogP contribution in [0.5, 0.6) is 5.88 Å². The lowest BCUT2D eigenvalue weighted by atomic mass is 9.92. The third-order valence-corrected chi connectivity index (χ3v) is 4.83. The minimum Gasteiger partial charge on any atom is -0.481 e. The van der Waals surface area contributed by atoms with Crippen molar-refractivity contribution in [3.05, 3.63) is 42.9 Å². The summed E-state index contributed by atoms with van der Waals surface area (Å²) in [6, 6.07) is 7.92. The number of aliphatic hydroxyl groups is 1. The quantitative estimate of drug-likeness (QED) is 0.765. The van der Waals surface area contributed by atoms with Gasteiger partial charge in [-0.3, -0.25) is 4.40 Å². The Morgan fingerprint density at radius 3 is 2.76 bits per heavy atom. The predicted molar refractivity (Wildman–Crippen MR) is 96.9 cm³/mol. The van der Waals surface area contributed by atoms with Crippen LogP contribution >= 0.6 is 0 Å². The molecule has 3 aromatic rings. The average Bonchev–Trinajstić information content (AvgIpc) is 3.07. The number of rotatable bonds is 4. The number of nitrogens with zero attached hydrogens (tertiary/aromatic N) is 3. The number of methoxy groups -OCH3 is 1. The first-order valence-electron chi connectivity index (χ1n) is 8.67. The minimum atomic E-state index is -0.280. The van der Waals surface area contributed by atoms with Crippen molar-refractivity contribution >= 4 is 11.3 Å². The highest BCUT2D eigenvalue weighted by Gasteiger charge is 2.22. The van der Waals surface area contributed by atoms with E-state index < -0.39 is 0 Å². The molecule has 0 bridgehead atoms. The molecule has 0 spiro atoms. The minimum absolute atomic E-state index is 0.112. The molecule has 0 aliphatic heterocycles. The first kappa shape index (κ1) is 15.9. The van der Waals surface area contributed by atoms with Gasteiger partial charge in [0.05, 0.1) is 36.8 Å². The van der Waals surface area contributed by atoms with Gasteiger partial charge < -0.3 is 15.2 Å². The molecule has 4 rings (SSSR count). The fourth-order valence-corrected chi connectivity index (χ4v) is 3.43. The van der Waals surface area contributed by atoms with Gasteiger partial charge in [-0.1, -0.05) is 12.8 Å². The van der Waals surface area contributed by atoms with Crippen LogP contribution in [0.15, 0.2) is 42.9 Å². The number of nitrogens with one attached hydrogen (secondary N) is 1. The summed E-state index contributed by atoms with van der Waals surface area (Å²) in [6.07, 6.45) is 9.51. The Morgan fingerprint density at radius 2 is 2.00 bits per heavy atom. The van der Waals surface area contributed by atoms with Gasteiger partial charge in [-0.15, -0.1) is 0 Å². The van der Waals surface area contributed by atoms with Gasteiger partial charge >= 0.3 is 0 Å². The maximum absolute atomic E-state index is 10.2. The average molecular weight is 338 g/mol. The lowest BCUT2D eigenvalue weighted by Gasteiger charge is -2.29. The van der Waals surface area contributed by atoms with Crippen LogP contribution in [-0.2, 0) is 0 Å². The molecule has 2 N–H and O–H groups in total. The van der Waals surface area contributed by atoms with Gasteiger partial charge in [0, 0.05) is 24.0 Å². The van der Waals surface area contributed by atoms with Crippen LogP contribution in [0.3, 0.4) is 0 Å². The van der Waals surface area contributed by atoms with Crippen LogP contribution in [-0.4, -0.2) is 38.7 Å². The summed E-state index contributed by atoms with van der Waals surface area (Å²) >= 11 is 0. The summed E-state index contributed by atoms with van der Waals surface area (Å²) in [4.78, 5) is 8.74. The first-order valence-corrected chi connectivity index (χ1v) is 8.67. The fourth-order valence-electron chi connectivity index (χ4n) is 3.43. The molecular formula is C19H22N4O2. The molecule has 0 radical (unpaired) electrons. The number of hydrogen-bond acceptors (Lipinski definition) is 5. The van der Waals surface area contributed by atoms with E-state index in [0.717, 1.165) is 48.3 Å². The zero-order valence-corrected chi connectivity index (χ0v) is 14.2. The molecule has 6 nitrogen and oxygen atoms in total. The molecule has 3 heterocycles. The summed E-state index contributed by atoms with van der Waals surface area (Å²) in [6.45, 7) is 0. The molecule has 1 saturated carbocycles. The topological polar surface area (TPSA) is 71.7 Å². The van der Waals surface area contributed by atoms with Gasteiger partial charge in [0.25, 0.3) is 0 Å². The maximum atomic E-state index is 10.2. The van der Waals surface area contributed by atoms with Crippen molar-refractivity contribution in [1.29, 1.82) is 0 Å². The third kappa shape index (κ3) is 3.17. The molecule has 0 amide bonds. The van der Waals surface area contributed by atoms with Gasteiger partial charge in [0.2, 0.25) is 5.88 Å². The highest BCUT2D eigenvalue weighted by Crippen LogP contribution is 2.25. The SMILES string of the molecule is COc1ccc(-c2cnc3ccc(NC4CCCCC4O)cn23)cn1. The number of pyridine rings is 2. The molecule has 130 valence electrons. The molecule has 6 heteroatoms. The maximum Gasteiger partial charge on any atom is 0.212 e. The van der Waals surface area contributed by atoms with Gasteiger partial charge in [-0.25, -0.2) is 9.97 Å². The van der Waals surface area contributed by atoms with E-state index in [-0.39, 0.29) is 12.1 Å². The summed E-state index contributed by atoms with van der Waals surface area (Å²) < 4.78 is 7.16. The first-order chi connectivity index (χ1) is 12.2. The van der Waals surface area contributed by atoms with E-state index in [4.69, 9.17) is 4.74 Å². The Morgan fingerprint density at radius 1 is 1.12 bits per heavy atom. The number of aromatic nitrogens is 3. The molecule has 1 fully saturated rings. The third-order valence-electron chi connectivity index (χ3n) is 4.83. The van der Waals surface area contributed by atoms with Crippen molar-refractivity contribution in [2.24, 2.45) is 0 Å². The van der Waals surface area contributed by atoms with Crippen molar-refractivity contribution in [2.45, 2.75) is 37.8 Å². The number of anilines is 1. The number of aliphatic hydroxyl groups excluding tert-OH is 1. The van der Waals surface area contributed by atoms with Gasteiger partial charge in [-0.2, -0.15) is 0 Å². The van der Waals surface area contributed by atoms with E-state index in [1.807, 2.05) is 41.1 Å². The molecule has 1 aliphatic carbocycles. The van der Waals surface area contributed by atoms with E-state index in [1.165, 1.54) is 0 Å². The predicted octanol–water partition coefficient (Wildman–Crippen LogP) is 3.12. The molecule has 25 heavy (non-hydrogen) atoms. The number of imidazole rings is 1. The number of fused-ring (bicyclic) bond motifs is 1. The second-order valence-corrected chi connectivity index (χ2v) is 6.48. The second kappa shape index (κ2) is 6.72. The van der Waals surface area contributed by atoms with Gasteiger partial charge in [0.15, 0.2) is 0 Å². The van der Waals surface area contributed by atoms with Crippen LogP contribution < -0.4 is 10.1 Å². The monoisotopic (exact) mass is 338 g/mol. The van der Waals surface area contributed by atoms with E-state index in [2.05, 4.69) is 15.3 Å². The highest BCUT2D eigenvalue weighted by atomic mass is 16.5. The van der Waals surface area contributed by atoms with Crippen LogP contribution in [0.25, 0.3) is 16.9 Å². The number of ether oxygens (including phenoxy) is 1. The lowest BCUT2D eigenvalue weighted by Crippen LogP contribution is -2.36. The Balaban J connectivity index is 1.64. The molecular weight excluding hydrogens is 316 g/mol. The molecule has 3 aromatic heterocycles. The summed E-state index contributed by atoms with van der Waals surface area (Å²) in [5, 5.41) is 13.7. The standard InChI is InChI=1S/C19H22N4O2/c1-25-19-9-6-13(10-21-19)16-11-20-18-8-7-14(12-23(16)18)22-15-4-2-3-5-17(15)24/h6-12,15,17,22,24H,2-5H2,1H3. The fraction of sp³-hybridized carbons (Fsp3) is 0.368. The lowest BCUT2D eigenvalue weighted by molar-refractivity contribution is 0.116. The van der Waals surface area contributed by atoms with E-state index >= 15 is 0 Å². The normalized spacial score (nSPS) is 20.6. The Kier molecular flexibility index (Phi) is 4.28. The van der Waals surface area contributed by atoms with Gasteiger partial charge in [-0.05, 0) is 31.0 Å². The van der Waals surface area contributed by atoms with E-state index in [1.54, 1.807) is 13.3 Å². The van der Waals surface area contributed by atoms with Crippen LogP contribution in [0, 0.1) is 0 Å². The van der Waals surface area contributed by atoms with Crippen molar-refractivity contribution < 1.29 is 9.84 Å². The Bertz CT molecular complexity index is 859. The molecule has 0 aromatic carbocycles. The van der Waals surface area contributed by atoms with E-state index in [9.17, 15) is 5.11 Å². The van der Waals surface area contributed by atoms with E-state index in [0.29, 0.717) is 5.88 Å².